The number of fused-ring (bicyclic) bond motifs is 1. The number of hydrogen-bond donors (Lipinski definition) is 0. The highest BCUT2D eigenvalue weighted by Crippen LogP contribution is 2.29. The van der Waals surface area contributed by atoms with Crippen LogP contribution in [0.15, 0.2) is 96.1 Å². The summed E-state index contributed by atoms with van der Waals surface area (Å²) in [5.74, 6) is -0.0490. The van der Waals surface area contributed by atoms with Gasteiger partial charge in [-0.3, -0.25) is 14.9 Å². The molecule has 1 aliphatic rings. The maximum absolute atomic E-state index is 12.4. The average Bonchev–Trinajstić information content (AvgIpc) is 3.32. The summed E-state index contributed by atoms with van der Waals surface area (Å²) in [4.78, 5) is 28.0. The number of benzene rings is 3. The molecule has 1 amide bonds. The van der Waals surface area contributed by atoms with Crippen molar-refractivity contribution < 1.29 is 14.5 Å². The molecule has 5 rings (SSSR count). The van der Waals surface area contributed by atoms with Crippen LogP contribution in [-0.4, -0.2) is 32.9 Å². The number of aromatic nitrogens is 1. The highest BCUT2D eigenvalue weighted by molar-refractivity contribution is 6.08. The molecule has 1 aliphatic heterocycles. The standard InChI is InChI=1S/C27H20N4O4/c1-18(32)30-26(16-15-20-11-5-8-14-25(20)31(33)34)35-27(29-30)22-17-24(19-9-3-2-4-10-19)28-23-13-7-6-12-21(22)23/h2-17,26H,1H3/b16-15+/t26-/m1/s1. The van der Waals surface area contributed by atoms with Crippen LogP contribution < -0.4 is 0 Å². The van der Waals surface area contributed by atoms with Gasteiger partial charge >= 0.3 is 0 Å². The topological polar surface area (TPSA) is 97.9 Å². The van der Waals surface area contributed by atoms with E-state index in [0.717, 1.165) is 22.2 Å². The van der Waals surface area contributed by atoms with Crippen LogP contribution in [0.5, 0.6) is 0 Å². The molecule has 0 N–H and O–H groups in total. The molecule has 172 valence electrons. The summed E-state index contributed by atoms with van der Waals surface area (Å²) in [5, 5.41) is 17.9. The molecule has 2 heterocycles. The number of para-hydroxylation sites is 2. The zero-order valence-electron chi connectivity index (χ0n) is 18.7. The molecule has 0 aliphatic carbocycles. The quantitative estimate of drug-likeness (QED) is 0.291. The Morgan fingerprint density at radius 2 is 1.74 bits per heavy atom. The van der Waals surface area contributed by atoms with E-state index in [1.165, 1.54) is 18.0 Å². The van der Waals surface area contributed by atoms with Crippen molar-refractivity contribution in [3.63, 3.8) is 0 Å². The predicted octanol–water partition coefficient (Wildman–Crippen LogP) is 5.39. The monoisotopic (exact) mass is 464 g/mol. The second kappa shape index (κ2) is 9.18. The maximum atomic E-state index is 12.4. The molecule has 0 fully saturated rings. The zero-order chi connectivity index (χ0) is 24.4. The maximum Gasteiger partial charge on any atom is 0.276 e. The number of nitro groups is 1. The molecule has 4 aromatic rings. The largest absolute Gasteiger partial charge is 0.446 e. The van der Waals surface area contributed by atoms with Gasteiger partial charge in [0.05, 0.1) is 21.7 Å². The molecule has 8 heteroatoms. The van der Waals surface area contributed by atoms with Gasteiger partial charge in [-0.25, -0.2) is 4.98 Å². The molecule has 0 radical (unpaired) electrons. The van der Waals surface area contributed by atoms with Crippen LogP contribution in [-0.2, 0) is 9.53 Å². The number of amides is 1. The van der Waals surface area contributed by atoms with E-state index in [1.54, 1.807) is 30.4 Å². The van der Waals surface area contributed by atoms with Crippen molar-refractivity contribution in [1.29, 1.82) is 0 Å². The van der Waals surface area contributed by atoms with Crippen LogP contribution in [0.4, 0.5) is 5.69 Å². The first-order chi connectivity index (χ1) is 17.0. The summed E-state index contributed by atoms with van der Waals surface area (Å²) in [6, 6.07) is 25.7. The second-order valence-corrected chi connectivity index (χ2v) is 7.89. The molecule has 0 spiro atoms. The molecule has 3 aromatic carbocycles. The van der Waals surface area contributed by atoms with E-state index in [-0.39, 0.29) is 17.5 Å². The third-order valence-corrected chi connectivity index (χ3v) is 5.58. The minimum Gasteiger partial charge on any atom is -0.446 e. The van der Waals surface area contributed by atoms with Gasteiger partial charge in [-0.1, -0.05) is 60.7 Å². The van der Waals surface area contributed by atoms with Gasteiger partial charge in [-0.15, -0.1) is 5.10 Å². The highest BCUT2D eigenvalue weighted by atomic mass is 16.6. The number of pyridine rings is 1. The number of hydrazone groups is 1. The fraction of sp³-hybridized carbons (Fsp3) is 0.0741. The molecule has 0 unspecified atom stereocenters. The number of carbonyl (C=O) groups is 1. The van der Waals surface area contributed by atoms with Gasteiger partial charge < -0.3 is 4.74 Å². The van der Waals surface area contributed by atoms with Crippen molar-refractivity contribution in [3.05, 3.63) is 112 Å². The van der Waals surface area contributed by atoms with Crippen LogP contribution in [0.2, 0.25) is 0 Å². The van der Waals surface area contributed by atoms with Gasteiger partial charge in [0.2, 0.25) is 18.0 Å². The molecule has 0 bridgehead atoms. The van der Waals surface area contributed by atoms with Crippen LogP contribution in [0.25, 0.3) is 28.2 Å². The summed E-state index contributed by atoms with van der Waals surface area (Å²) in [6.45, 7) is 1.39. The van der Waals surface area contributed by atoms with Gasteiger partial charge in [0.1, 0.15) is 0 Å². The van der Waals surface area contributed by atoms with E-state index in [2.05, 4.69) is 5.10 Å². The average molecular weight is 464 g/mol. The molecule has 0 saturated heterocycles. The summed E-state index contributed by atoms with van der Waals surface area (Å²) >= 11 is 0. The molecular weight excluding hydrogens is 444 g/mol. The Balaban J connectivity index is 1.55. The van der Waals surface area contributed by atoms with Crippen molar-refractivity contribution in [2.45, 2.75) is 13.2 Å². The van der Waals surface area contributed by atoms with Crippen LogP contribution >= 0.6 is 0 Å². The number of nitro benzene ring substituents is 1. The van der Waals surface area contributed by atoms with Crippen molar-refractivity contribution in [2.24, 2.45) is 5.10 Å². The zero-order valence-corrected chi connectivity index (χ0v) is 18.7. The molecule has 0 saturated carbocycles. The predicted molar refractivity (Wildman–Crippen MR) is 133 cm³/mol. The summed E-state index contributed by atoms with van der Waals surface area (Å²) in [7, 11) is 0. The number of carbonyl (C=O) groups excluding carboxylic acids is 1. The number of nitrogens with zero attached hydrogens (tertiary/aromatic N) is 4. The summed E-state index contributed by atoms with van der Waals surface area (Å²) < 4.78 is 6.11. The normalized spacial score (nSPS) is 15.3. The lowest BCUT2D eigenvalue weighted by molar-refractivity contribution is -0.385. The smallest absolute Gasteiger partial charge is 0.276 e. The van der Waals surface area contributed by atoms with Gasteiger partial charge in [-0.2, -0.15) is 5.01 Å². The lowest BCUT2D eigenvalue weighted by Crippen LogP contribution is -2.30. The fourth-order valence-corrected chi connectivity index (χ4v) is 3.92. The number of ether oxygens (including phenoxy) is 1. The van der Waals surface area contributed by atoms with Crippen molar-refractivity contribution >= 4 is 34.5 Å². The first-order valence-electron chi connectivity index (χ1n) is 10.9. The van der Waals surface area contributed by atoms with Crippen LogP contribution in [0.3, 0.4) is 0 Å². The highest BCUT2D eigenvalue weighted by Gasteiger charge is 2.31. The Kier molecular flexibility index (Phi) is 5.76. The van der Waals surface area contributed by atoms with Gasteiger partial charge in [0.25, 0.3) is 5.69 Å². The first-order valence-corrected chi connectivity index (χ1v) is 10.9. The lowest BCUT2D eigenvalue weighted by Gasteiger charge is -2.15. The molecule has 1 aromatic heterocycles. The van der Waals surface area contributed by atoms with E-state index < -0.39 is 11.2 Å². The van der Waals surface area contributed by atoms with E-state index in [4.69, 9.17) is 9.72 Å². The van der Waals surface area contributed by atoms with Crippen molar-refractivity contribution in [1.82, 2.24) is 9.99 Å². The minimum absolute atomic E-state index is 0.0371. The Labute approximate surface area is 200 Å². The summed E-state index contributed by atoms with van der Waals surface area (Å²) in [5.41, 5.74) is 3.52. The minimum atomic E-state index is -0.852. The van der Waals surface area contributed by atoms with Gasteiger partial charge in [0.15, 0.2) is 0 Å². The first kappa shape index (κ1) is 22.0. The Bertz CT molecular complexity index is 1500. The van der Waals surface area contributed by atoms with Crippen LogP contribution in [0.1, 0.15) is 18.1 Å². The van der Waals surface area contributed by atoms with Crippen LogP contribution in [0, 0.1) is 10.1 Å². The molecule has 35 heavy (non-hydrogen) atoms. The summed E-state index contributed by atoms with van der Waals surface area (Å²) in [6.07, 6.45) is 2.30. The Morgan fingerprint density at radius 3 is 2.51 bits per heavy atom. The van der Waals surface area contributed by atoms with E-state index in [1.807, 2.05) is 60.7 Å². The molecule has 1 atom stereocenters. The SMILES string of the molecule is CC(=O)N1N=C(c2cc(-c3ccccc3)nc3ccccc23)O[C@@H]1/C=C/c1ccccc1[N+](=O)[O-]. The van der Waals surface area contributed by atoms with Crippen molar-refractivity contribution in [2.75, 3.05) is 0 Å². The van der Waals surface area contributed by atoms with Crippen molar-refractivity contribution in [3.8, 4) is 11.3 Å². The fourth-order valence-electron chi connectivity index (χ4n) is 3.92. The third kappa shape index (κ3) is 4.37. The van der Waals surface area contributed by atoms with Gasteiger partial charge in [0, 0.05) is 29.5 Å². The van der Waals surface area contributed by atoms with E-state index in [9.17, 15) is 14.9 Å². The number of rotatable bonds is 5. The molecule has 8 nitrogen and oxygen atoms in total. The third-order valence-electron chi connectivity index (χ3n) is 5.58. The Hall–Kier alpha value is -4.85. The van der Waals surface area contributed by atoms with Gasteiger partial charge in [-0.05, 0) is 30.4 Å². The Morgan fingerprint density at radius 1 is 1.03 bits per heavy atom. The second-order valence-electron chi connectivity index (χ2n) is 7.89. The van der Waals surface area contributed by atoms with E-state index >= 15 is 0 Å². The van der Waals surface area contributed by atoms with E-state index in [0.29, 0.717) is 11.1 Å². The number of hydrogen-bond acceptors (Lipinski definition) is 6. The lowest BCUT2D eigenvalue weighted by atomic mass is 10.0. The molecular formula is C27H20N4O4.